The first-order valence-corrected chi connectivity index (χ1v) is 6.82. The van der Waals surface area contributed by atoms with Crippen LogP contribution in [0.25, 0.3) is 0 Å². The lowest BCUT2D eigenvalue weighted by atomic mass is 10.1. The van der Waals surface area contributed by atoms with E-state index in [9.17, 15) is 4.79 Å². The number of halogens is 1. The van der Waals surface area contributed by atoms with Gasteiger partial charge in [0, 0.05) is 24.7 Å². The zero-order valence-corrected chi connectivity index (χ0v) is 12.0. The first-order valence-electron chi connectivity index (χ1n) is 6.44. The highest BCUT2D eigenvalue weighted by molar-refractivity contribution is 6.31. The van der Waals surface area contributed by atoms with Gasteiger partial charge in [-0.2, -0.15) is 0 Å². The lowest BCUT2D eigenvalue weighted by Crippen LogP contribution is -2.38. The van der Waals surface area contributed by atoms with Crippen molar-refractivity contribution in [2.24, 2.45) is 0 Å². The van der Waals surface area contributed by atoms with Gasteiger partial charge in [0.15, 0.2) is 0 Å². The zero-order chi connectivity index (χ0) is 13.8. The van der Waals surface area contributed by atoms with Crippen LogP contribution < -0.4 is 10.1 Å². The molecule has 1 unspecified atom stereocenters. The third kappa shape index (κ3) is 3.39. The largest absolute Gasteiger partial charge is 0.496 e. The first kappa shape index (κ1) is 14.2. The van der Waals surface area contributed by atoms with Crippen LogP contribution in [0.2, 0.25) is 5.02 Å². The summed E-state index contributed by atoms with van der Waals surface area (Å²) in [5.74, 6) is 0.494. The molecule has 2 rings (SSSR count). The monoisotopic (exact) mass is 282 g/mol. The van der Waals surface area contributed by atoms with E-state index in [-0.39, 0.29) is 5.91 Å². The molecule has 1 amide bonds. The number of amides is 1. The number of methoxy groups -OCH3 is 1. The van der Waals surface area contributed by atoms with Gasteiger partial charge in [-0.3, -0.25) is 4.79 Å². The second-order valence-corrected chi connectivity index (χ2v) is 5.26. The van der Waals surface area contributed by atoms with Crippen LogP contribution in [-0.2, 0) is 0 Å². The molecule has 0 radical (unpaired) electrons. The number of nitrogens with one attached hydrogen (secondary N) is 1. The van der Waals surface area contributed by atoms with Crippen LogP contribution in [0.3, 0.4) is 0 Å². The van der Waals surface area contributed by atoms with Crippen molar-refractivity contribution >= 4 is 17.5 Å². The molecule has 1 heterocycles. The second kappa shape index (κ2) is 6.26. The van der Waals surface area contributed by atoms with Crippen molar-refractivity contribution in [3.8, 4) is 5.75 Å². The fourth-order valence-corrected chi connectivity index (χ4v) is 2.55. The molecule has 0 aliphatic carbocycles. The molecule has 1 aromatic rings. The molecule has 1 aliphatic heterocycles. The SMILES string of the molecule is COc1ccc(Cl)cc1C(=O)N(C)CC1CCCN1. The van der Waals surface area contributed by atoms with Crippen molar-refractivity contribution < 1.29 is 9.53 Å². The van der Waals surface area contributed by atoms with Crippen LogP contribution in [0.1, 0.15) is 23.2 Å². The molecule has 0 bridgehead atoms. The Labute approximate surface area is 118 Å². The summed E-state index contributed by atoms with van der Waals surface area (Å²) in [4.78, 5) is 14.1. The molecule has 104 valence electrons. The Balaban J connectivity index is 2.11. The molecule has 1 saturated heterocycles. The molecule has 1 atom stereocenters. The van der Waals surface area contributed by atoms with E-state index in [1.54, 1.807) is 30.2 Å². The van der Waals surface area contributed by atoms with Gasteiger partial charge in [0.25, 0.3) is 5.91 Å². The average molecular weight is 283 g/mol. The average Bonchev–Trinajstić information content (AvgIpc) is 2.90. The van der Waals surface area contributed by atoms with Gasteiger partial charge in [-0.15, -0.1) is 0 Å². The molecule has 0 aromatic heterocycles. The Bertz CT molecular complexity index is 459. The number of ether oxygens (including phenoxy) is 1. The summed E-state index contributed by atoms with van der Waals surface area (Å²) >= 11 is 5.95. The smallest absolute Gasteiger partial charge is 0.257 e. The topological polar surface area (TPSA) is 41.6 Å². The Morgan fingerprint density at radius 2 is 2.37 bits per heavy atom. The molecule has 19 heavy (non-hydrogen) atoms. The molecule has 0 saturated carbocycles. The van der Waals surface area contributed by atoms with Gasteiger partial charge in [0.05, 0.1) is 12.7 Å². The standard InChI is InChI=1S/C14H19ClN2O2/c1-17(9-11-4-3-7-16-11)14(18)12-8-10(15)5-6-13(12)19-2/h5-6,8,11,16H,3-4,7,9H2,1-2H3. The van der Waals surface area contributed by atoms with E-state index in [4.69, 9.17) is 16.3 Å². The molecule has 0 spiro atoms. The zero-order valence-electron chi connectivity index (χ0n) is 11.3. The quantitative estimate of drug-likeness (QED) is 0.920. The number of carbonyl (C=O) groups excluding carboxylic acids is 1. The molecule has 1 aromatic carbocycles. The lowest BCUT2D eigenvalue weighted by molar-refractivity contribution is 0.0780. The number of benzene rings is 1. The second-order valence-electron chi connectivity index (χ2n) is 4.82. The predicted octanol–water partition coefficient (Wildman–Crippen LogP) is 2.17. The minimum atomic E-state index is -0.0620. The maximum Gasteiger partial charge on any atom is 0.257 e. The number of hydrogen-bond acceptors (Lipinski definition) is 3. The van der Waals surface area contributed by atoms with E-state index in [0.717, 1.165) is 13.0 Å². The van der Waals surface area contributed by atoms with Gasteiger partial charge >= 0.3 is 0 Å². The Morgan fingerprint density at radius 1 is 1.58 bits per heavy atom. The van der Waals surface area contributed by atoms with E-state index in [0.29, 0.717) is 28.9 Å². The molecule has 4 nitrogen and oxygen atoms in total. The summed E-state index contributed by atoms with van der Waals surface area (Å²) in [5.41, 5.74) is 0.510. The van der Waals surface area contributed by atoms with Crippen molar-refractivity contribution in [3.63, 3.8) is 0 Å². The first-order chi connectivity index (χ1) is 9.11. The molecular formula is C14H19ClN2O2. The van der Waals surface area contributed by atoms with Crippen LogP contribution in [0, 0.1) is 0 Å². The van der Waals surface area contributed by atoms with Crippen LogP contribution in [0.15, 0.2) is 18.2 Å². The summed E-state index contributed by atoms with van der Waals surface area (Å²) in [6.45, 7) is 1.74. The minimum Gasteiger partial charge on any atom is -0.496 e. The molecule has 1 fully saturated rings. The van der Waals surface area contributed by atoms with Crippen LogP contribution in [0.5, 0.6) is 5.75 Å². The summed E-state index contributed by atoms with van der Waals surface area (Å²) in [6, 6.07) is 5.48. The third-order valence-corrected chi connectivity index (χ3v) is 3.63. The third-order valence-electron chi connectivity index (χ3n) is 3.40. The summed E-state index contributed by atoms with van der Waals surface area (Å²) < 4.78 is 5.22. The summed E-state index contributed by atoms with van der Waals surface area (Å²) in [5, 5.41) is 3.92. The number of carbonyl (C=O) groups is 1. The maximum atomic E-state index is 12.4. The summed E-state index contributed by atoms with van der Waals surface area (Å²) in [7, 11) is 3.36. The fourth-order valence-electron chi connectivity index (χ4n) is 2.38. The van der Waals surface area contributed by atoms with Crippen molar-refractivity contribution in [1.29, 1.82) is 0 Å². The van der Waals surface area contributed by atoms with Crippen LogP contribution >= 0.6 is 11.6 Å². The summed E-state index contributed by atoms with van der Waals surface area (Å²) in [6.07, 6.45) is 2.29. The van der Waals surface area contributed by atoms with Crippen molar-refractivity contribution in [2.75, 3.05) is 27.2 Å². The number of hydrogen-bond donors (Lipinski definition) is 1. The highest BCUT2D eigenvalue weighted by Gasteiger charge is 2.21. The molecule has 1 N–H and O–H groups in total. The Hall–Kier alpha value is -1.26. The van der Waals surface area contributed by atoms with Gasteiger partial charge in [-0.05, 0) is 37.6 Å². The minimum absolute atomic E-state index is 0.0620. The number of likely N-dealkylation sites (N-methyl/N-ethyl adjacent to an activating group) is 1. The van der Waals surface area contributed by atoms with E-state index in [1.165, 1.54) is 6.42 Å². The Morgan fingerprint density at radius 3 is 3.00 bits per heavy atom. The van der Waals surface area contributed by atoms with Crippen molar-refractivity contribution in [3.05, 3.63) is 28.8 Å². The van der Waals surface area contributed by atoms with Gasteiger partial charge in [-0.1, -0.05) is 11.6 Å². The van der Waals surface area contributed by atoms with Gasteiger partial charge in [-0.25, -0.2) is 0 Å². The molecule has 5 heteroatoms. The fraction of sp³-hybridized carbons (Fsp3) is 0.500. The van der Waals surface area contributed by atoms with Crippen molar-refractivity contribution in [2.45, 2.75) is 18.9 Å². The van der Waals surface area contributed by atoms with Crippen LogP contribution in [-0.4, -0.2) is 44.1 Å². The van der Waals surface area contributed by atoms with E-state index in [1.807, 2.05) is 7.05 Å². The van der Waals surface area contributed by atoms with Gasteiger partial charge in [0.1, 0.15) is 5.75 Å². The van der Waals surface area contributed by atoms with Gasteiger partial charge in [0.2, 0.25) is 0 Å². The lowest BCUT2D eigenvalue weighted by Gasteiger charge is -2.22. The molecule has 1 aliphatic rings. The normalized spacial score (nSPS) is 18.4. The van der Waals surface area contributed by atoms with Gasteiger partial charge < -0.3 is 15.0 Å². The van der Waals surface area contributed by atoms with Crippen molar-refractivity contribution in [1.82, 2.24) is 10.2 Å². The highest BCUT2D eigenvalue weighted by atomic mass is 35.5. The maximum absolute atomic E-state index is 12.4. The van der Waals surface area contributed by atoms with E-state index < -0.39 is 0 Å². The van der Waals surface area contributed by atoms with E-state index >= 15 is 0 Å². The Kier molecular flexibility index (Phi) is 4.66. The number of nitrogens with zero attached hydrogens (tertiary/aromatic N) is 1. The predicted molar refractivity (Wildman–Crippen MR) is 76.0 cm³/mol. The van der Waals surface area contributed by atoms with E-state index in [2.05, 4.69) is 5.32 Å². The highest BCUT2D eigenvalue weighted by Crippen LogP contribution is 2.24. The van der Waals surface area contributed by atoms with Crippen LogP contribution in [0.4, 0.5) is 0 Å². The number of rotatable bonds is 4. The molecular weight excluding hydrogens is 264 g/mol.